The molecule has 0 aliphatic carbocycles. The molecule has 0 aromatic heterocycles. The largest absolute Gasteiger partial charge is 0.323 e. The van der Waals surface area contributed by atoms with Gasteiger partial charge in [0.2, 0.25) is 0 Å². The molecule has 0 aliphatic rings. The second-order valence-electron chi connectivity index (χ2n) is 5.10. The molecule has 0 saturated carbocycles. The van der Waals surface area contributed by atoms with E-state index < -0.39 is 0 Å². The van der Waals surface area contributed by atoms with Crippen LogP contribution in [0.1, 0.15) is 42.0 Å². The zero-order valence-corrected chi connectivity index (χ0v) is 14.1. The minimum Gasteiger partial charge on any atom is -0.323 e. The van der Waals surface area contributed by atoms with Crippen molar-refractivity contribution in [3.63, 3.8) is 0 Å². The van der Waals surface area contributed by atoms with Gasteiger partial charge in [0.05, 0.1) is 0 Å². The molecule has 2 aromatic carbocycles. The zero-order valence-electron chi connectivity index (χ0n) is 11.7. The van der Waals surface area contributed by atoms with Crippen LogP contribution in [0.25, 0.3) is 0 Å². The second-order valence-corrected chi connectivity index (χ2v) is 6.43. The van der Waals surface area contributed by atoms with Crippen LogP contribution in [-0.2, 0) is 0 Å². The van der Waals surface area contributed by atoms with E-state index in [0.717, 1.165) is 27.0 Å². The molecule has 2 rings (SSSR count). The summed E-state index contributed by atoms with van der Waals surface area (Å²) in [5.41, 5.74) is 9.99. The number of nitrogens with two attached hydrogens (primary N) is 1. The van der Waals surface area contributed by atoms with Crippen LogP contribution in [0.5, 0.6) is 0 Å². The van der Waals surface area contributed by atoms with Crippen molar-refractivity contribution in [2.75, 3.05) is 0 Å². The lowest BCUT2D eigenvalue weighted by molar-refractivity contribution is 0.539. The Balaban J connectivity index is 2.33. The molecular formula is C17H19BrClN. The summed E-state index contributed by atoms with van der Waals surface area (Å²) in [6, 6.07) is 14.4. The van der Waals surface area contributed by atoms with Crippen molar-refractivity contribution in [2.24, 2.45) is 5.73 Å². The molecule has 20 heavy (non-hydrogen) atoms. The number of hydrogen-bond donors (Lipinski definition) is 1. The van der Waals surface area contributed by atoms with Gasteiger partial charge in [0, 0.05) is 21.5 Å². The average Bonchev–Trinajstić information content (AvgIpc) is 2.43. The van der Waals surface area contributed by atoms with Crippen LogP contribution in [0, 0.1) is 6.92 Å². The average molecular weight is 353 g/mol. The van der Waals surface area contributed by atoms with E-state index in [1.54, 1.807) is 0 Å². The number of benzene rings is 2. The van der Waals surface area contributed by atoms with Crippen LogP contribution in [-0.4, -0.2) is 0 Å². The van der Waals surface area contributed by atoms with Crippen molar-refractivity contribution in [1.82, 2.24) is 0 Å². The molecule has 0 spiro atoms. The highest BCUT2D eigenvalue weighted by atomic mass is 79.9. The summed E-state index contributed by atoms with van der Waals surface area (Å²) in [4.78, 5) is 0. The van der Waals surface area contributed by atoms with Gasteiger partial charge in [0.1, 0.15) is 0 Å². The van der Waals surface area contributed by atoms with E-state index in [9.17, 15) is 0 Å². The summed E-state index contributed by atoms with van der Waals surface area (Å²) in [5, 5.41) is 0.805. The lowest BCUT2D eigenvalue weighted by atomic mass is 9.85. The first-order valence-corrected chi connectivity index (χ1v) is 7.97. The van der Waals surface area contributed by atoms with Crippen molar-refractivity contribution in [3.8, 4) is 0 Å². The summed E-state index contributed by atoms with van der Waals surface area (Å²) >= 11 is 9.61. The quantitative estimate of drug-likeness (QED) is 0.761. The fourth-order valence-electron chi connectivity index (χ4n) is 2.54. The Morgan fingerprint density at radius 2 is 1.90 bits per heavy atom. The summed E-state index contributed by atoms with van der Waals surface area (Å²) < 4.78 is 1.06. The van der Waals surface area contributed by atoms with Gasteiger partial charge < -0.3 is 5.73 Å². The van der Waals surface area contributed by atoms with Gasteiger partial charge in [0.15, 0.2) is 0 Å². The Kier molecular flexibility index (Phi) is 5.25. The molecule has 0 fully saturated rings. The monoisotopic (exact) mass is 351 g/mol. The highest BCUT2D eigenvalue weighted by Gasteiger charge is 2.20. The minimum absolute atomic E-state index is 0.0157. The van der Waals surface area contributed by atoms with Crippen LogP contribution in [0.4, 0.5) is 0 Å². The predicted molar refractivity (Wildman–Crippen MR) is 90.3 cm³/mol. The number of aryl methyl sites for hydroxylation is 1. The van der Waals surface area contributed by atoms with Gasteiger partial charge in [-0.1, -0.05) is 58.7 Å². The lowest BCUT2D eigenvalue weighted by Gasteiger charge is -2.24. The van der Waals surface area contributed by atoms with Crippen molar-refractivity contribution >= 4 is 27.5 Å². The third kappa shape index (κ3) is 3.43. The highest BCUT2D eigenvalue weighted by molar-refractivity contribution is 9.10. The standard InChI is InChI=1S/C17H19BrClN/c1-3-15(12-7-8-16(19)11(2)9-12)17(20)13-5-4-6-14(18)10-13/h4-10,15,17H,3,20H2,1-2H3/t15-,17?/m1/s1. The third-order valence-corrected chi connectivity index (χ3v) is 4.63. The van der Waals surface area contributed by atoms with Crippen molar-refractivity contribution in [1.29, 1.82) is 0 Å². The van der Waals surface area contributed by atoms with Crippen molar-refractivity contribution in [3.05, 3.63) is 68.7 Å². The molecule has 0 heterocycles. The fourth-order valence-corrected chi connectivity index (χ4v) is 3.08. The summed E-state index contributed by atoms with van der Waals surface area (Å²) in [6.07, 6.45) is 0.995. The molecule has 0 radical (unpaired) electrons. The van der Waals surface area contributed by atoms with Crippen LogP contribution >= 0.6 is 27.5 Å². The number of hydrogen-bond acceptors (Lipinski definition) is 1. The maximum absolute atomic E-state index is 6.48. The zero-order chi connectivity index (χ0) is 14.7. The van der Waals surface area contributed by atoms with Gasteiger partial charge in [-0.25, -0.2) is 0 Å². The first kappa shape index (κ1) is 15.6. The molecule has 0 bridgehead atoms. The molecule has 0 aliphatic heterocycles. The molecule has 106 valence electrons. The summed E-state index contributed by atoms with van der Waals surface area (Å²) in [7, 11) is 0. The molecule has 0 amide bonds. The summed E-state index contributed by atoms with van der Waals surface area (Å²) in [6.45, 7) is 4.20. The maximum atomic E-state index is 6.48. The Labute approximate surface area is 134 Å². The van der Waals surface area contributed by atoms with Gasteiger partial charge in [-0.15, -0.1) is 0 Å². The van der Waals surface area contributed by atoms with Crippen LogP contribution in [0.2, 0.25) is 5.02 Å². The van der Waals surface area contributed by atoms with Gasteiger partial charge in [-0.05, 0) is 48.2 Å². The normalized spacial score (nSPS) is 14.1. The smallest absolute Gasteiger partial charge is 0.0435 e. The SMILES string of the molecule is CC[C@H](c1ccc(Cl)c(C)c1)C(N)c1cccc(Br)c1. The Hall–Kier alpha value is -0.830. The van der Waals surface area contributed by atoms with E-state index in [1.807, 2.05) is 25.1 Å². The predicted octanol–water partition coefficient (Wildman–Crippen LogP) is 5.60. The van der Waals surface area contributed by atoms with E-state index in [1.165, 1.54) is 5.56 Å². The van der Waals surface area contributed by atoms with Gasteiger partial charge >= 0.3 is 0 Å². The number of halogens is 2. The molecule has 2 N–H and O–H groups in total. The first-order chi connectivity index (χ1) is 9.52. The lowest BCUT2D eigenvalue weighted by Crippen LogP contribution is -2.19. The van der Waals surface area contributed by atoms with Gasteiger partial charge in [-0.2, -0.15) is 0 Å². The van der Waals surface area contributed by atoms with Crippen LogP contribution < -0.4 is 5.73 Å². The van der Waals surface area contributed by atoms with E-state index in [4.69, 9.17) is 17.3 Å². The minimum atomic E-state index is -0.0157. The van der Waals surface area contributed by atoms with E-state index in [2.05, 4.69) is 47.1 Å². The molecule has 2 aromatic rings. The van der Waals surface area contributed by atoms with Gasteiger partial charge in [-0.3, -0.25) is 0 Å². The summed E-state index contributed by atoms with van der Waals surface area (Å²) in [5.74, 6) is 0.292. The molecule has 1 nitrogen and oxygen atoms in total. The van der Waals surface area contributed by atoms with Gasteiger partial charge in [0.25, 0.3) is 0 Å². The molecule has 3 heteroatoms. The fraction of sp³-hybridized carbons (Fsp3) is 0.294. The van der Waals surface area contributed by atoms with E-state index in [0.29, 0.717) is 5.92 Å². The van der Waals surface area contributed by atoms with E-state index in [-0.39, 0.29) is 6.04 Å². The Bertz CT molecular complexity index is 597. The van der Waals surface area contributed by atoms with Crippen LogP contribution in [0.15, 0.2) is 46.9 Å². The Morgan fingerprint density at radius 3 is 2.50 bits per heavy atom. The highest BCUT2D eigenvalue weighted by Crippen LogP contribution is 2.34. The van der Waals surface area contributed by atoms with Crippen molar-refractivity contribution in [2.45, 2.75) is 32.2 Å². The number of rotatable bonds is 4. The Morgan fingerprint density at radius 1 is 1.15 bits per heavy atom. The van der Waals surface area contributed by atoms with E-state index >= 15 is 0 Å². The second kappa shape index (κ2) is 6.75. The maximum Gasteiger partial charge on any atom is 0.0435 e. The topological polar surface area (TPSA) is 26.0 Å². The molecule has 2 atom stereocenters. The molecule has 0 saturated heterocycles. The first-order valence-electron chi connectivity index (χ1n) is 6.80. The molecular weight excluding hydrogens is 334 g/mol. The van der Waals surface area contributed by atoms with Crippen molar-refractivity contribution < 1.29 is 0 Å². The molecule has 1 unspecified atom stereocenters. The third-order valence-electron chi connectivity index (χ3n) is 3.72. The van der Waals surface area contributed by atoms with Crippen LogP contribution in [0.3, 0.4) is 0 Å².